The van der Waals surface area contributed by atoms with E-state index in [1.807, 2.05) is 6.07 Å². The second-order valence-corrected chi connectivity index (χ2v) is 11.3. The van der Waals surface area contributed by atoms with E-state index in [1.54, 1.807) is 5.94 Å². The minimum Gasteiger partial charge on any atom is -0.341 e. The van der Waals surface area contributed by atoms with Gasteiger partial charge in [0.1, 0.15) is 29.2 Å². The number of carbonyl (C=O) groups is 1. The van der Waals surface area contributed by atoms with Crippen molar-refractivity contribution in [1.29, 1.82) is 5.26 Å². The van der Waals surface area contributed by atoms with Crippen LogP contribution in [0, 0.1) is 24.2 Å². The van der Waals surface area contributed by atoms with Crippen LogP contribution in [0.4, 0.5) is 27.1 Å². The van der Waals surface area contributed by atoms with E-state index >= 15 is 0 Å². The number of halogens is 5. The molecule has 4 aromatic heterocycles. The first-order chi connectivity index (χ1) is 20.9. The van der Waals surface area contributed by atoms with Gasteiger partial charge >= 0.3 is 6.18 Å². The Balaban J connectivity index is 1.44. The van der Waals surface area contributed by atoms with Crippen LogP contribution in [0.5, 0.6) is 0 Å². The summed E-state index contributed by atoms with van der Waals surface area (Å²) in [6.45, 7) is 1.46. The van der Waals surface area contributed by atoms with Gasteiger partial charge in [-0.15, -0.1) is 21.5 Å². The van der Waals surface area contributed by atoms with Crippen molar-refractivity contribution in [3.8, 4) is 6.07 Å². The zero-order valence-corrected chi connectivity index (χ0v) is 23.5. The Hall–Kier alpha value is -4.75. The van der Waals surface area contributed by atoms with Crippen LogP contribution in [-0.4, -0.2) is 59.9 Å². The average molecular weight is 636 g/mol. The van der Waals surface area contributed by atoms with Crippen molar-refractivity contribution < 1.29 is 36.2 Å². The number of fused-ring (bicyclic) bond motifs is 1. The van der Waals surface area contributed by atoms with E-state index in [9.17, 15) is 36.8 Å². The molecule has 12 nitrogen and oxygen atoms in total. The molecule has 4 aromatic rings. The van der Waals surface area contributed by atoms with Gasteiger partial charge in [0.15, 0.2) is 16.5 Å². The SMILES string of the molecule is Cc1nonc1C(=O)N[C@H](C(=C=O)Nc1ncc([C@H](CC(F)(F)F)c2nnc3ccc(C#N)cn23)s1)C1CCC(F)(F)CC1. The van der Waals surface area contributed by atoms with E-state index in [-0.39, 0.29) is 57.0 Å². The fourth-order valence-corrected chi connectivity index (χ4v) is 5.94. The standard InChI is InChI=1S/C26H22F5N9O3S/c1-13-20(39-43-38-13)23(42)35-21(15-4-6-25(27,28)7-5-15)17(12-41)34-24-33-10-18(44-24)16(8-26(29,30)31)22-37-36-19-3-2-14(9-32)11-40(19)22/h2-3,10-11,15-16,21H,4-8H2,1H3,(H,33,34)(H,35,42)/t16-,21-/m0/s1. The highest BCUT2D eigenvalue weighted by Gasteiger charge is 2.41. The minimum absolute atomic E-state index is 0.0169. The van der Waals surface area contributed by atoms with E-state index in [0.717, 1.165) is 11.3 Å². The number of hydrogen-bond donors (Lipinski definition) is 2. The predicted octanol–water partition coefficient (Wildman–Crippen LogP) is 4.58. The van der Waals surface area contributed by atoms with Crippen molar-refractivity contribution in [3.63, 3.8) is 0 Å². The molecule has 0 unspecified atom stereocenters. The summed E-state index contributed by atoms with van der Waals surface area (Å²) >= 11 is 0.787. The second kappa shape index (κ2) is 12.1. The summed E-state index contributed by atoms with van der Waals surface area (Å²) < 4.78 is 74.9. The smallest absolute Gasteiger partial charge is 0.341 e. The molecule has 0 radical (unpaired) electrons. The number of alkyl halides is 5. The Morgan fingerprint density at radius 2 is 2.00 bits per heavy atom. The van der Waals surface area contributed by atoms with Crippen LogP contribution in [0.2, 0.25) is 0 Å². The second-order valence-electron chi connectivity index (χ2n) is 10.2. The van der Waals surface area contributed by atoms with Gasteiger partial charge in [-0.2, -0.15) is 18.4 Å². The molecule has 1 saturated carbocycles. The predicted molar refractivity (Wildman–Crippen MR) is 142 cm³/mol. The Labute approximate surface area is 248 Å². The fraction of sp³-hybridized carbons (Fsp3) is 0.423. The third-order valence-electron chi connectivity index (χ3n) is 7.22. The lowest BCUT2D eigenvalue weighted by atomic mass is 9.81. The number of carbonyl (C=O) groups excluding carboxylic acids is 2. The maximum Gasteiger partial charge on any atom is 0.390 e. The molecule has 44 heavy (non-hydrogen) atoms. The van der Waals surface area contributed by atoms with Gasteiger partial charge in [0, 0.05) is 30.1 Å². The zero-order valence-electron chi connectivity index (χ0n) is 22.7. The first-order valence-electron chi connectivity index (χ1n) is 13.1. The van der Waals surface area contributed by atoms with Gasteiger partial charge in [-0.25, -0.2) is 23.2 Å². The molecule has 0 aliphatic heterocycles. The van der Waals surface area contributed by atoms with E-state index in [4.69, 9.17) is 0 Å². The molecule has 0 aromatic carbocycles. The van der Waals surface area contributed by atoms with Crippen LogP contribution in [0.3, 0.4) is 0 Å². The van der Waals surface area contributed by atoms with E-state index in [2.05, 4.69) is 40.8 Å². The molecule has 0 saturated heterocycles. The lowest BCUT2D eigenvalue weighted by Gasteiger charge is -2.34. The minimum atomic E-state index is -4.62. The van der Waals surface area contributed by atoms with E-state index in [1.165, 1.54) is 35.9 Å². The Kier molecular flexibility index (Phi) is 8.44. The summed E-state index contributed by atoms with van der Waals surface area (Å²) in [5.41, 5.74) is 0.135. The summed E-state index contributed by atoms with van der Waals surface area (Å²) in [6.07, 6.45) is -4.47. The van der Waals surface area contributed by atoms with Gasteiger partial charge in [-0.3, -0.25) is 9.20 Å². The quantitative estimate of drug-likeness (QED) is 0.196. The molecular formula is C26H22F5N9O3S. The highest BCUT2D eigenvalue weighted by Crippen LogP contribution is 2.41. The van der Waals surface area contributed by atoms with Gasteiger partial charge in [-0.1, -0.05) is 5.16 Å². The number of anilines is 1. The number of aromatic nitrogens is 6. The molecule has 4 heterocycles. The van der Waals surface area contributed by atoms with Crippen LogP contribution in [0.25, 0.3) is 5.65 Å². The molecule has 2 atom stereocenters. The van der Waals surface area contributed by atoms with Crippen LogP contribution in [0.15, 0.2) is 34.9 Å². The van der Waals surface area contributed by atoms with Gasteiger partial charge in [0.25, 0.3) is 5.91 Å². The molecule has 1 fully saturated rings. The van der Waals surface area contributed by atoms with Gasteiger partial charge in [0.05, 0.1) is 23.9 Å². The molecule has 1 amide bonds. The van der Waals surface area contributed by atoms with Crippen LogP contribution < -0.4 is 10.6 Å². The largest absolute Gasteiger partial charge is 0.390 e. The lowest BCUT2D eigenvalue weighted by molar-refractivity contribution is -0.137. The van der Waals surface area contributed by atoms with Crippen molar-refractivity contribution in [2.75, 3.05) is 5.32 Å². The number of hydrogen-bond acceptors (Lipinski definition) is 11. The number of pyridine rings is 1. The number of thiazole rings is 1. The van der Waals surface area contributed by atoms with Crippen LogP contribution >= 0.6 is 11.3 Å². The molecule has 1 aliphatic rings. The molecule has 18 heteroatoms. The molecule has 0 bridgehead atoms. The molecule has 0 spiro atoms. The molecular weight excluding hydrogens is 613 g/mol. The van der Waals surface area contributed by atoms with Crippen molar-refractivity contribution in [3.05, 3.63) is 57.9 Å². The number of amides is 1. The van der Waals surface area contributed by atoms with E-state index in [0.29, 0.717) is 0 Å². The molecule has 1 aliphatic carbocycles. The summed E-state index contributed by atoms with van der Waals surface area (Å²) in [4.78, 5) is 29.4. The summed E-state index contributed by atoms with van der Waals surface area (Å²) in [6, 6.07) is 3.68. The zero-order chi connectivity index (χ0) is 31.6. The first-order valence-corrected chi connectivity index (χ1v) is 14.0. The number of rotatable bonds is 9. The highest BCUT2D eigenvalue weighted by atomic mass is 32.1. The number of aryl methyl sites for hydroxylation is 1. The van der Waals surface area contributed by atoms with Gasteiger partial charge in [-0.05, 0) is 43.0 Å². The normalized spacial score (nSPS) is 16.6. The third kappa shape index (κ3) is 6.74. The summed E-state index contributed by atoms with van der Waals surface area (Å²) in [5, 5.41) is 29.5. The average Bonchev–Trinajstić information content (AvgIpc) is 3.73. The first kappa shape index (κ1) is 30.7. The monoisotopic (exact) mass is 635 g/mol. The number of nitrogens with zero attached hydrogens (tertiary/aromatic N) is 7. The van der Waals surface area contributed by atoms with Crippen molar-refractivity contribution >= 4 is 34.0 Å². The van der Waals surface area contributed by atoms with Gasteiger partial charge in [0.2, 0.25) is 5.92 Å². The fourth-order valence-electron chi connectivity index (χ4n) is 5.02. The lowest BCUT2D eigenvalue weighted by Crippen LogP contribution is -2.46. The molecule has 5 rings (SSSR count). The maximum absolute atomic E-state index is 13.9. The topological polar surface area (TPSA) is 164 Å². The number of nitriles is 1. The molecule has 230 valence electrons. The molecule has 2 N–H and O–H groups in total. The van der Waals surface area contributed by atoms with Crippen molar-refractivity contribution in [1.82, 2.24) is 35.2 Å². The number of nitrogens with one attached hydrogen (secondary N) is 2. The Morgan fingerprint density at radius 3 is 2.64 bits per heavy atom. The maximum atomic E-state index is 13.9. The third-order valence-corrected chi connectivity index (χ3v) is 8.25. The van der Waals surface area contributed by atoms with Gasteiger partial charge < -0.3 is 10.6 Å². The van der Waals surface area contributed by atoms with Crippen LogP contribution in [0.1, 0.15) is 70.5 Å². The van der Waals surface area contributed by atoms with Crippen LogP contribution in [-0.2, 0) is 4.79 Å². The summed E-state index contributed by atoms with van der Waals surface area (Å²) in [5.74, 6) is -4.05. The summed E-state index contributed by atoms with van der Waals surface area (Å²) in [7, 11) is 0. The highest BCUT2D eigenvalue weighted by molar-refractivity contribution is 7.15. The Morgan fingerprint density at radius 1 is 1.25 bits per heavy atom. The Bertz CT molecular complexity index is 1760. The van der Waals surface area contributed by atoms with Crippen molar-refractivity contribution in [2.45, 2.75) is 63.1 Å². The van der Waals surface area contributed by atoms with Crippen molar-refractivity contribution in [2.24, 2.45) is 5.92 Å². The van der Waals surface area contributed by atoms with E-state index < -0.39 is 55.1 Å².